The van der Waals surface area contributed by atoms with Gasteiger partial charge >= 0.3 is 0 Å². The fourth-order valence-electron chi connectivity index (χ4n) is 2.65. The van der Waals surface area contributed by atoms with E-state index in [1.807, 2.05) is 19.9 Å². The first kappa shape index (κ1) is 19.0. The van der Waals surface area contributed by atoms with Crippen molar-refractivity contribution in [3.63, 3.8) is 0 Å². The molecule has 7 heteroatoms. The lowest BCUT2D eigenvalue weighted by Crippen LogP contribution is -2.35. The molecule has 1 saturated heterocycles. The van der Waals surface area contributed by atoms with Crippen LogP contribution in [0.2, 0.25) is 0 Å². The molecule has 0 spiro atoms. The highest BCUT2D eigenvalue weighted by Gasteiger charge is 2.34. The number of hydrogen-bond acceptors (Lipinski definition) is 4. The maximum Gasteiger partial charge on any atom is 0.282 e. The van der Waals surface area contributed by atoms with E-state index in [1.54, 1.807) is 43.5 Å². The van der Waals surface area contributed by atoms with Crippen LogP contribution in [0.1, 0.15) is 19.4 Å². The van der Waals surface area contributed by atoms with Crippen LogP contribution in [0.25, 0.3) is 6.08 Å². The average Bonchev–Trinajstić information content (AvgIpc) is 2.90. The number of nitrogens with zero attached hydrogens (tertiary/aromatic N) is 1. The number of ether oxygens (including phenoxy) is 2. The van der Waals surface area contributed by atoms with Crippen LogP contribution in [0, 0.1) is 0 Å². The molecule has 0 atom stereocenters. The van der Waals surface area contributed by atoms with Crippen molar-refractivity contribution in [1.82, 2.24) is 5.43 Å². The number of anilines is 1. The molecule has 1 heterocycles. The number of rotatable bonds is 5. The largest absolute Gasteiger partial charge is 0.493 e. The fourth-order valence-corrected chi connectivity index (χ4v) is 3.03. The SMILES string of the molecule is COc1cc(C=C2C(=O)NN(c3cccc(Br)c3)C2=O)ccc1OC(C)C. The quantitative estimate of drug-likeness (QED) is 0.579. The van der Waals surface area contributed by atoms with Gasteiger partial charge in [-0.25, -0.2) is 5.01 Å². The zero-order valence-corrected chi connectivity index (χ0v) is 16.7. The topological polar surface area (TPSA) is 67.9 Å². The molecular weight excluding hydrogens is 412 g/mol. The Kier molecular flexibility index (Phi) is 5.51. The van der Waals surface area contributed by atoms with Gasteiger partial charge in [-0.1, -0.05) is 28.1 Å². The molecule has 0 saturated carbocycles. The van der Waals surface area contributed by atoms with E-state index in [0.717, 1.165) is 4.47 Å². The highest BCUT2D eigenvalue weighted by atomic mass is 79.9. The number of carbonyl (C=O) groups excluding carboxylic acids is 2. The minimum atomic E-state index is -0.457. The molecule has 27 heavy (non-hydrogen) atoms. The lowest BCUT2D eigenvalue weighted by atomic mass is 10.1. The third-order valence-electron chi connectivity index (χ3n) is 3.82. The minimum absolute atomic E-state index is 0.00375. The van der Waals surface area contributed by atoms with Crippen LogP contribution >= 0.6 is 15.9 Å². The minimum Gasteiger partial charge on any atom is -0.493 e. The van der Waals surface area contributed by atoms with Crippen molar-refractivity contribution < 1.29 is 19.1 Å². The highest BCUT2D eigenvalue weighted by molar-refractivity contribution is 9.10. The number of nitrogens with one attached hydrogen (secondary N) is 1. The van der Waals surface area contributed by atoms with Gasteiger partial charge in [0.2, 0.25) is 0 Å². The Morgan fingerprint density at radius 1 is 1.11 bits per heavy atom. The molecule has 0 radical (unpaired) electrons. The summed E-state index contributed by atoms with van der Waals surface area (Å²) in [4.78, 5) is 25.0. The molecule has 3 rings (SSSR count). The molecule has 1 N–H and O–H groups in total. The monoisotopic (exact) mass is 430 g/mol. The number of methoxy groups -OCH3 is 1. The molecule has 6 nitrogen and oxygen atoms in total. The van der Waals surface area contributed by atoms with E-state index in [-0.39, 0.29) is 11.7 Å². The summed E-state index contributed by atoms with van der Waals surface area (Å²) in [6, 6.07) is 12.4. The normalized spacial score (nSPS) is 15.4. The third-order valence-corrected chi connectivity index (χ3v) is 4.31. The van der Waals surface area contributed by atoms with Crippen LogP contribution in [-0.4, -0.2) is 25.0 Å². The van der Waals surface area contributed by atoms with Crippen LogP contribution in [0.4, 0.5) is 5.69 Å². The van der Waals surface area contributed by atoms with E-state index in [1.165, 1.54) is 11.1 Å². The molecule has 0 aromatic heterocycles. The van der Waals surface area contributed by atoms with Crippen molar-refractivity contribution in [2.75, 3.05) is 12.1 Å². The van der Waals surface area contributed by atoms with E-state index in [9.17, 15) is 9.59 Å². The Labute approximate surface area is 165 Å². The van der Waals surface area contributed by atoms with Gasteiger partial charge in [-0.15, -0.1) is 0 Å². The first-order valence-corrected chi connectivity index (χ1v) is 9.15. The molecule has 0 unspecified atom stereocenters. The molecule has 140 valence electrons. The Hall–Kier alpha value is -2.80. The first-order valence-electron chi connectivity index (χ1n) is 8.36. The van der Waals surface area contributed by atoms with Gasteiger partial charge in [-0.05, 0) is 55.8 Å². The summed E-state index contributed by atoms with van der Waals surface area (Å²) in [5.74, 6) is 0.265. The van der Waals surface area contributed by atoms with Gasteiger partial charge in [0.15, 0.2) is 11.5 Å². The molecule has 2 amide bonds. The van der Waals surface area contributed by atoms with Crippen LogP contribution in [0.15, 0.2) is 52.5 Å². The van der Waals surface area contributed by atoms with E-state index in [0.29, 0.717) is 22.7 Å². The van der Waals surface area contributed by atoms with E-state index >= 15 is 0 Å². The summed E-state index contributed by atoms with van der Waals surface area (Å²) in [5.41, 5.74) is 3.87. The smallest absolute Gasteiger partial charge is 0.282 e. The van der Waals surface area contributed by atoms with Gasteiger partial charge in [-0.3, -0.25) is 15.0 Å². The Morgan fingerprint density at radius 3 is 2.56 bits per heavy atom. The molecular formula is C20H19BrN2O4. The van der Waals surface area contributed by atoms with Crippen molar-refractivity contribution >= 4 is 39.5 Å². The lowest BCUT2D eigenvalue weighted by molar-refractivity contribution is -0.117. The van der Waals surface area contributed by atoms with Crippen molar-refractivity contribution in [2.45, 2.75) is 20.0 Å². The van der Waals surface area contributed by atoms with Crippen molar-refractivity contribution in [3.8, 4) is 11.5 Å². The second-order valence-corrected chi connectivity index (χ2v) is 7.11. The zero-order valence-electron chi connectivity index (χ0n) is 15.2. The van der Waals surface area contributed by atoms with Crippen LogP contribution in [0.5, 0.6) is 11.5 Å². The standard InChI is InChI=1S/C20H19BrN2O4/c1-12(2)27-17-8-7-13(10-18(17)26-3)9-16-19(24)22-23(20(16)25)15-6-4-5-14(21)11-15/h4-12H,1-3H3,(H,22,24). The maximum absolute atomic E-state index is 12.7. The predicted molar refractivity (Wildman–Crippen MR) is 107 cm³/mol. The van der Waals surface area contributed by atoms with E-state index in [4.69, 9.17) is 9.47 Å². The first-order chi connectivity index (χ1) is 12.9. The summed E-state index contributed by atoms with van der Waals surface area (Å²) in [6.45, 7) is 3.85. The van der Waals surface area contributed by atoms with Gasteiger partial charge in [-0.2, -0.15) is 0 Å². The zero-order chi connectivity index (χ0) is 19.6. The van der Waals surface area contributed by atoms with Crippen LogP contribution in [-0.2, 0) is 9.59 Å². The van der Waals surface area contributed by atoms with Crippen LogP contribution < -0.4 is 19.9 Å². The summed E-state index contributed by atoms with van der Waals surface area (Å²) in [7, 11) is 1.54. The molecule has 0 bridgehead atoms. The molecule has 2 aromatic carbocycles. The number of hydrogen-bond donors (Lipinski definition) is 1. The maximum atomic E-state index is 12.7. The molecule has 1 aliphatic heterocycles. The fraction of sp³-hybridized carbons (Fsp3) is 0.200. The van der Waals surface area contributed by atoms with Gasteiger partial charge in [0.05, 0.1) is 18.9 Å². The molecule has 1 aliphatic rings. The van der Waals surface area contributed by atoms with E-state index in [2.05, 4.69) is 21.4 Å². The molecule has 1 fully saturated rings. The number of carbonyl (C=O) groups is 2. The summed E-state index contributed by atoms with van der Waals surface area (Å²) < 4.78 is 11.8. The Morgan fingerprint density at radius 2 is 1.89 bits per heavy atom. The predicted octanol–water partition coefficient (Wildman–Crippen LogP) is 3.71. The number of halogens is 1. The third kappa shape index (κ3) is 4.14. The Balaban J connectivity index is 1.90. The summed E-state index contributed by atoms with van der Waals surface area (Å²) in [6.07, 6.45) is 1.54. The van der Waals surface area contributed by atoms with Crippen molar-refractivity contribution in [2.24, 2.45) is 0 Å². The summed E-state index contributed by atoms with van der Waals surface area (Å²) in [5, 5.41) is 1.23. The Bertz CT molecular complexity index is 924. The lowest BCUT2D eigenvalue weighted by Gasteiger charge is -2.14. The van der Waals surface area contributed by atoms with Gasteiger partial charge in [0.1, 0.15) is 5.57 Å². The van der Waals surface area contributed by atoms with Crippen molar-refractivity contribution in [1.29, 1.82) is 0 Å². The number of amides is 2. The second-order valence-electron chi connectivity index (χ2n) is 6.20. The number of benzene rings is 2. The van der Waals surface area contributed by atoms with Gasteiger partial charge in [0.25, 0.3) is 11.8 Å². The highest BCUT2D eigenvalue weighted by Crippen LogP contribution is 2.31. The van der Waals surface area contributed by atoms with Crippen molar-refractivity contribution in [3.05, 3.63) is 58.1 Å². The molecule has 2 aromatic rings. The van der Waals surface area contributed by atoms with Crippen LogP contribution in [0.3, 0.4) is 0 Å². The second kappa shape index (κ2) is 7.84. The van der Waals surface area contributed by atoms with E-state index < -0.39 is 11.8 Å². The van der Waals surface area contributed by atoms with Gasteiger partial charge < -0.3 is 9.47 Å². The van der Waals surface area contributed by atoms with Gasteiger partial charge in [0, 0.05) is 4.47 Å². The summed E-state index contributed by atoms with van der Waals surface area (Å²) >= 11 is 3.36. The average molecular weight is 431 g/mol. The number of hydrazine groups is 1. The molecule has 0 aliphatic carbocycles.